The number of hydrogen-bond donors (Lipinski definition) is 1. The minimum absolute atomic E-state index is 0.0185. The van der Waals surface area contributed by atoms with Crippen LogP contribution in [0.25, 0.3) is 0 Å². The van der Waals surface area contributed by atoms with Crippen molar-refractivity contribution >= 4 is 28.9 Å². The lowest BCUT2D eigenvalue weighted by atomic mass is 10.1. The normalized spacial score (nSPS) is 21.7. The molecule has 2 aromatic carbocycles. The van der Waals surface area contributed by atoms with Gasteiger partial charge in [-0.25, -0.2) is 0 Å². The smallest absolute Gasteiger partial charge is 0.246 e. The van der Waals surface area contributed by atoms with E-state index in [1.54, 1.807) is 4.90 Å². The molecule has 2 aliphatic heterocycles. The Bertz CT molecular complexity index is 864. The highest BCUT2D eigenvalue weighted by Gasteiger charge is 2.33. The fourth-order valence-corrected chi connectivity index (χ4v) is 4.06. The zero-order chi connectivity index (χ0) is 18.3. The molecule has 2 amide bonds. The largest absolute Gasteiger partial charge is 0.359 e. The Morgan fingerprint density at radius 2 is 1.69 bits per heavy atom. The first-order valence-electron chi connectivity index (χ1n) is 9.10. The second-order valence-electron chi connectivity index (χ2n) is 7.19. The number of anilines is 3. The predicted octanol–water partition coefficient (Wildman–Crippen LogP) is 3.20. The van der Waals surface area contributed by atoms with Crippen LogP contribution in [0.4, 0.5) is 17.1 Å². The van der Waals surface area contributed by atoms with E-state index in [2.05, 4.69) is 29.3 Å². The highest BCUT2D eigenvalue weighted by atomic mass is 16.2. The van der Waals surface area contributed by atoms with Crippen molar-refractivity contribution in [2.75, 3.05) is 21.7 Å². The van der Waals surface area contributed by atoms with Gasteiger partial charge in [0, 0.05) is 24.2 Å². The van der Waals surface area contributed by atoms with Crippen LogP contribution in [0.15, 0.2) is 48.5 Å². The Kier molecular flexibility index (Phi) is 4.15. The average molecular weight is 349 g/mol. The summed E-state index contributed by atoms with van der Waals surface area (Å²) in [4.78, 5) is 29.4. The van der Waals surface area contributed by atoms with Crippen molar-refractivity contribution in [2.45, 2.75) is 38.8 Å². The molecule has 0 unspecified atom stereocenters. The van der Waals surface area contributed by atoms with Crippen LogP contribution in [0.5, 0.6) is 0 Å². The van der Waals surface area contributed by atoms with E-state index < -0.39 is 0 Å². The molecule has 134 valence electrons. The average Bonchev–Trinajstić information content (AvgIpc) is 2.84. The van der Waals surface area contributed by atoms with Gasteiger partial charge >= 0.3 is 0 Å². The van der Waals surface area contributed by atoms with E-state index in [0.29, 0.717) is 18.7 Å². The number of carbonyl (C=O) groups is 2. The van der Waals surface area contributed by atoms with E-state index in [9.17, 15) is 9.59 Å². The summed E-state index contributed by atoms with van der Waals surface area (Å²) in [6, 6.07) is 15.9. The van der Waals surface area contributed by atoms with Gasteiger partial charge in [-0.15, -0.1) is 0 Å². The van der Waals surface area contributed by atoms with E-state index in [1.807, 2.05) is 43.3 Å². The number of nitrogens with zero attached hydrogens (tertiary/aromatic N) is 2. The number of hydrogen-bond acceptors (Lipinski definition) is 3. The molecule has 1 N–H and O–H groups in total. The lowest BCUT2D eigenvalue weighted by Gasteiger charge is -2.32. The molecule has 2 aliphatic rings. The van der Waals surface area contributed by atoms with E-state index in [4.69, 9.17) is 0 Å². The van der Waals surface area contributed by atoms with Crippen LogP contribution in [-0.4, -0.2) is 30.4 Å². The van der Waals surface area contributed by atoms with Crippen LogP contribution in [0.3, 0.4) is 0 Å². The van der Waals surface area contributed by atoms with Gasteiger partial charge in [0.1, 0.15) is 0 Å². The molecule has 0 saturated carbocycles. The molecule has 26 heavy (non-hydrogen) atoms. The maximum atomic E-state index is 13.3. The molecular weight excluding hydrogens is 326 g/mol. The maximum Gasteiger partial charge on any atom is 0.246 e. The lowest BCUT2D eigenvalue weighted by Crippen LogP contribution is -2.46. The second-order valence-corrected chi connectivity index (χ2v) is 7.19. The van der Waals surface area contributed by atoms with Gasteiger partial charge in [-0.1, -0.05) is 30.3 Å². The predicted molar refractivity (Wildman–Crippen MR) is 104 cm³/mol. The SMILES string of the molecule is C[C@@H]1Cc2ccccc2N1CC(=O)N1c2ccccc2NC(=O)C[C@H]1C. The Labute approximate surface area is 153 Å². The molecule has 2 aromatic rings. The number of para-hydroxylation sites is 3. The van der Waals surface area contributed by atoms with Gasteiger partial charge in [0.2, 0.25) is 11.8 Å². The molecule has 0 fully saturated rings. The first-order valence-corrected chi connectivity index (χ1v) is 9.10. The van der Waals surface area contributed by atoms with Crippen LogP contribution < -0.4 is 15.1 Å². The van der Waals surface area contributed by atoms with Crippen molar-refractivity contribution in [3.63, 3.8) is 0 Å². The van der Waals surface area contributed by atoms with Gasteiger partial charge in [-0.05, 0) is 44.0 Å². The molecular formula is C21H23N3O2. The zero-order valence-electron chi connectivity index (χ0n) is 15.1. The molecule has 0 aromatic heterocycles. The number of carbonyl (C=O) groups excluding carboxylic acids is 2. The fourth-order valence-electron chi connectivity index (χ4n) is 4.06. The molecule has 0 spiro atoms. The van der Waals surface area contributed by atoms with E-state index in [1.165, 1.54) is 5.56 Å². The monoisotopic (exact) mass is 349 g/mol. The Balaban J connectivity index is 1.65. The number of rotatable bonds is 2. The van der Waals surface area contributed by atoms with Crippen LogP contribution >= 0.6 is 0 Å². The minimum Gasteiger partial charge on any atom is -0.359 e. The zero-order valence-corrected chi connectivity index (χ0v) is 15.1. The van der Waals surface area contributed by atoms with Crippen molar-refractivity contribution in [2.24, 2.45) is 0 Å². The summed E-state index contributed by atoms with van der Waals surface area (Å²) in [6.45, 7) is 4.39. The number of benzene rings is 2. The molecule has 5 nitrogen and oxygen atoms in total. The Morgan fingerprint density at radius 3 is 2.50 bits per heavy atom. The minimum atomic E-state index is -0.181. The standard InChI is InChI=1S/C21H23N3O2/c1-14-11-16-7-3-5-9-18(16)23(14)13-21(26)24-15(2)12-20(25)22-17-8-4-6-10-19(17)24/h3-10,14-15H,11-13H2,1-2H3,(H,22,25)/t14-,15-/m1/s1. The van der Waals surface area contributed by atoms with Gasteiger partial charge in [0.15, 0.2) is 0 Å². The summed E-state index contributed by atoms with van der Waals surface area (Å²) in [5, 5.41) is 2.91. The third kappa shape index (κ3) is 2.83. The van der Waals surface area contributed by atoms with Gasteiger partial charge < -0.3 is 15.1 Å². The second kappa shape index (κ2) is 6.48. The highest BCUT2D eigenvalue weighted by molar-refractivity contribution is 6.05. The van der Waals surface area contributed by atoms with Gasteiger partial charge in [-0.2, -0.15) is 0 Å². The summed E-state index contributed by atoms with van der Waals surface area (Å²) in [6.07, 6.45) is 1.25. The number of amides is 2. The molecule has 4 rings (SSSR count). The number of nitrogens with one attached hydrogen (secondary N) is 1. The molecule has 0 bridgehead atoms. The third-order valence-corrected chi connectivity index (χ3v) is 5.28. The van der Waals surface area contributed by atoms with Crippen molar-refractivity contribution < 1.29 is 9.59 Å². The van der Waals surface area contributed by atoms with Crippen LogP contribution in [-0.2, 0) is 16.0 Å². The van der Waals surface area contributed by atoms with Crippen molar-refractivity contribution in [3.05, 3.63) is 54.1 Å². The van der Waals surface area contributed by atoms with E-state index >= 15 is 0 Å². The van der Waals surface area contributed by atoms with Crippen molar-refractivity contribution in [1.29, 1.82) is 0 Å². The van der Waals surface area contributed by atoms with E-state index in [0.717, 1.165) is 17.8 Å². The summed E-state index contributed by atoms with van der Waals surface area (Å²) in [7, 11) is 0. The Morgan fingerprint density at radius 1 is 1.00 bits per heavy atom. The lowest BCUT2D eigenvalue weighted by molar-refractivity contribution is -0.118. The molecule has 0 radical (unpaired) electrons. The first-order chi connectivity index (χ1) is 12.5. The Hall–Kier alpha value is -2.82. The molecule has 2 atom stereocenters. The topological polar surface area (TPSA) is 52.7 Å². The summed E-state index contributed by atoms with van der Waals surface area (Å²) >= 11 is 0. The summed E-state index contributed by atoms with van der Waals surface area (Å²) < 4.78 is 0. The third-order valence-electron chi connectivity index (χ3n) is 5.28. The highest BCUT2D eigenvalue weighted by Crippen LogP contribution is 2.34. The quantitative estimate of drug-likeness (QED) is 0.906. The van der Waals surface area contributed by atoms with Crippen molar-refractivity contribution in [3.8, 4) is 0 Å². The number of fused-ring (bicyclic) bond motifs is 2. The first kappa shape index (κ1) is 16.6. The molecule has 0 saturated heterocycles. The van der Waals surface area contributed by atoms with Gasteiger partial charge in [-0.3, -0.25) is 9.59 Å². The van der Waals surface area contributed by atoms with Gasteiger partial charge in [0.05, 0.1) is 17.9 Å². The summed E-state index contributed by atoms with van der Waals surface area (Å²) in [5.74, 6) is -0.0369. The van der Waals surface area contributed by atoms with Crippen LogP contribution in [0, 0.1) is 0 Å². The molecule has 0 aliphatic carbocycles. The van der Waals surface area contributed by atoms with Crippen LogP contribution in [0.1, 0.15) is 25.8 Å². The van der Waals surface area contributed by atoms with Crippen LogP contribution in [0.2, 0.25) is 0 Å². The van der Waals surface area contributed by atoms with E-state index in [-0.39, 0.29) is 23.9 Å². The van der Waals surface area contributed by atoms with Crippen molar-refractivity contribution in [1.82, 2.24) is 0 Å². The molecule has 2 heterocycles. The summed E-state index contributed by atoms with van der Waals surface area (Å²) in [5.41, 5.74) is 3.90. The fraction of sp³-hybridized carbons (Fsp3) is 0.333. The maximum absolute atomic E-state index is 13.3. The molecule has 5 heteroatoms. The van der Waals surface area contributed by atoms with Gasteiger partial charge in [0.25, 0.3) is 0 Å².